The van der Waals surface area contributed by atoms with Gasteiger partial charge in [0.15, 0.2) is 0 Å². The molecule has 0 bridgehead atoms. The van der Waals surface area contributed by atoms with Crippen LogP contribution in [-0.4, -0.2) is 13.0 Å². The zero-order chi connectivity index (χ0) is 17.4. The first-order chi connectivity index (χ1) is 10.7. The van der Waals surface area contributed by atoms with Gasteiger partial charge in [-0.05, 0) is 24.1 Å². The second-order valence-corrected chi connectivity index (χ2v) is 8.45. The summed E-state index contributed by atoms with van der Waals surface area (Å²) in [6.07, 6.45) is 0. The van der Waals surface area contributed by atoms with E-state index in [1.807, 2.05) is 19.9 Å². The fraction of sp³-hybridized carbons (Fsp3) is 0.286. The Morgan fingerprint density at radius 2 is 2.00 bits per heavy atom. The molecule has 0 unspecified atom stereocenters. The average molecular weight is 390 g/mol. The first kappa shape index (κ1) is 18.0. The van der Waals surface area contributed by atoms with E-state index in [9.17, 15) is 8.42 Å². The number of benzene rings is 1. The van der Waals surface area contributed by atoms with Gasteiger partial charge in [0.25, 0.3) is 10.0 Å². The minimum Gasteiger partial charge on any atom is -0.310 e. The lowest BCUT2D eigenvalue weighted by atomic mass is 10.2. The van der Waals surface area contributed by atoms with Crippen LogP contribution in [0.5, 0.6) is 0 Å². The third-order valence-corrected chi connectivity index (χ3v) is 6.71. The van der Waals surface area contributed by atoms with Crippen LogP contribution in [0.4, 0.5) is 0 Å². The second-order valence-electron chi connectivity index (χ2n) is 5.07. The summed E-state index contributed by atoms with van der Waals surface area (Å²) in [5.41, 5.74) is -0.00691. The van der Waals surface area contributed by atoms with E-state index in [1.54, 1.807) is 7.05 Å². The van der Waals surface area contributed by atoms with Crippen LogP contribution in [0.2, 0.25) is 10.2 Å². The quantitative estimate of drug-likeness (QED) is 0.802. The number of halogens is 2. The molecule has 0 spiro atoms. The molecule has 0 saturated carbocycles. The first-order valence-electron chi connectivity index (χ1n) is 6.53. The van der Waals surface area contributed by atoms with Gasteiger partial charge >= 0.3 is 0 Å². The third kappa shape index (κ3) is 3.61. The Hall–Kier alpha value is -1.33. The van der Waals surface area contributed by atoms with Gasteiger partial charge in [0.2, 0.25) is 4.80 Å². The van der Waals surface area contributed by atoms with Crippen LogP contribution in [0.15, 0.2) is 27.5 Å². The number of rotatable bonds is 3. The van der Waals surface area contributed by atoms with E-state index < -0.39 is 10.0 Å². The second kappa shape index (κ2) is 6.65. The van der Waals surface area contributed by atoms with Gasteiger partial charge in [0.1, 0.15) is 16.1 Å². The van der Waals surface area contributed by atoms with Crippen molar-refractivity contribution in [3.8, 4) is 6.07 Å². The largest absolute Gasteiger partial charge is 0.310 e. The summed E-state index contributed by atoms with van der Waals surface area (Å²) in [6, 6.07) is 5.87. The van der Waals surface area contributed by atoms with Crippen LogP contribution in [0.25, 0.3) is 0 Å². The maximum atomic E-state index is 12.5. The number of hydrogen-bond acceptors (Lipinski definition) is 4. The Bertz CT molecular complexity index is 967. The predicted molar refractivity (Wildman–Crippen MR) is 91.3 cm³/mol. The summed E-state index contributed by atoms with van der Waals surface area (Å²) in [4.78, 5) is 0.861. The number of nitrogens with zero attached hydrogens (tertiary/aromatic N) is 3. The van der Waals surface area contributed by atoms with Crippen molar-refractivity contribution in [1.29, 1.82) is 5.26 Å². The van der Waals surface area contributed by atoms with Crippen molar-refractivity contribution in [3.63, 3.8) is 0 Å². The average Bonchev–Trinajstić information content (AvgIpc) is 2.75. The molecule has 0 fully saturated rings. The number of aromatic nitrogens is 1. The summed E-state index contributed by atoms with van der Waals surface area (Å²) < 4.78 is 30.4. The Balaban J connectivity index is 2.71. The summed E-state index contributed by atoms with van der Waals surface area (Å²) in [5.74, 6) is 0.145. The smallest absolute Gasteiger partial charge is 0.286 e. The molecule has 0 atom stereocenters. The van der Waals surface area contributed by atoms with Crippen molar-refractivity contribution in [3.05, 3.63) is 43.6 Å². The van der Waals surface area contributed by atoms with Gasteiger partial charge in [-0.3, -0.25) is 0 Å². The third-order valence-electron chi connectivity index (χ3n) is 3.05. The maximum absolute atomic E-state index is 12.5. The molecule has 1 aromatic heterocycles. The fourth-order valence-corrected chi connectivity index (χ4v) is 4.97. The van der Waals surface area contributed by atoms with Gasteiger partial charge < -0.3 is 4.57 Å². The molecule has 1 heterocycles. The van der Waals surface area contributed by atoms with Crippen molar-refractivity contribution in [1.82, 2.24) is 4.57 Å². The molecule has 9 heteroatoms. The number of thiazole rings is 1. The first-order valence-corrected chi connectivity index (χ1v) is 9.54. The number of hydrogen-bond donors (Lipinski definition) is 0. The summed E-state index contributed by atoms with van der Waals surface area (Å²) in [6.45, 7) is 3.92. The topological polar surface area (TPSA) is 75.2 Å². The van der Waals surface area contributed by atoms with E-state index in [-0.39, 0.29) is 26.2 Å². The van der Waals surface area contributed by atoms with Gasteiger partial charge in [-0.2, -0.15) is 13.7 Å². The number of nitriles is 1. The molecule has 0 aliphatic rings. The molecular weight excluding hydrogens is 377 g/mol. The zero-order valence-corrected chi connectivity index (χ0v) is 15.7. The van der Waals surface area contributed by atoms with Crippen LogP contribution in [0.1, 0.15) is 30.2 Å². The highest BCUT2D eigenvalue weighted by molar-refractivity contribution is 7.90. The monoisotopic (exact) mass is 389 g/mol. The van der Waals surface area contributed by atoms with Crippen LogP contribution >= 0.6 is 34.5 Å². The van der Waals surface area contributed by atoms with Gasteiger partial charge in [0.05, 0.1) is 5.56 Å². The highest BCUT2D eigenvalue weighted by Gasteiger charge is 2.20. The molecule has 0 N–H and O–H groups in total. The molecule has 122 valence electrons. The van der Waals surface area contributed by atoms with Crippen LogP contribution in [-0.2, 0) is 17.1 Å². The summed E-state index contributed by atoms with van der Waals surface area (Å²) in [5, 5.41) is 9.76. The minimum atomic E-state index is -4.08. The maximum Gasteiger partial charge on any atom is 0.286 e. The molecule has 0 aliphatic carbocycles. The zero-order valence-electron chi connectivity index (χ0n) is 12.5. The Labute approximate surface area is 148 Å². The van der Waals surface area contributed by atoms with Crippen molar-refractivity contribution >= 4 is 44.6 Å². The lowest BCUT2D eigenvalue weighted by Crippen LogP contribution is -2.14. The Kier molecular flexibility index (Phi) is 5.21. The normalized spacial score (nSPS) is 12.7. The summed E-state index contributed by atoms with van der Waals surface area (Å²) >= 11 is 13.3. The van der Waals surface area contributed by atoms with E-state index in [0.717, 1.165) is 4.88 Å². The van der Waals surface area contributed by atoms with Crippen LogP contribution in [0, 0.1) is 11.3 Å². The van der Waals surface area contributed by atoms with Crippen molar-refractivity contribution < 1.29 is 8.42 Å². The SMILES string of the molecule is CC(C)c1s/c(=N\S(=O)(=O)c2cc(Cl)ccc2C#N)n(C)c1Cl. The van der Waals surface area contributed by atoms with Gasteiger partial charge in [-0.15, -0.1) is 4.40 Å². The van der Waals surface area contributed by atoms with Crippen LogP contribution in [0.3, 0.4) is 0 Å². The molecule has 0 amide bonds. The highest BCUT2D eigenvalue weighted by atomic mass is 35.5. The standard InChI is InChI=1S/C14H13Cl2N3O2S2/c1-8(2)12-13(16)19(3)14(22-12)18-23(20,21)11-6-10(15)5-4-9(11)7-17/h4-6,8H,1-3H3/b18-14-. The number of sulfonamides is 1. The Morgan fingerprint density at radius 1 is 1.35 bits per heavy atom. The van der Waals surface area contributed by atoms with Gasteiger partial charge in [0, 0.05) is 16.9 Å². The van der Waals surface area contributed by atoms with E-state index >= 15 is 0 Å². The van der Waals surface area contributed by atoms with Crippen molar-refractivity contribution in [2.45, 2.75) is 24.7 Å². The van der Waals surface area contributed by atoms with Gasteiger partial charge in [-0.25, -0.2) is 0 Å². The predicted octanol–water partition coefficient (Wildman–Crippen LogP) is 3.68. The van der Waals surface area contributed by atoms with E-state index in [4.69, 9.17) is 28.5 Å². The highest BCUT2D eigenvalue weighted by Crippen LogP contribution is 2.27. The van der Waals surface area contributed by atoms with Crippen molar-refractivity contribution in [2.24, 2.45) is 11.4 Å². The molecular formula is C14H13Cl2N3O2S2. The summed E-state index contributed by atoms with van der Waals surface area (Å²) in [7, 11) is -2.44. The van der Waals surface area contributed by atoms with E-state index in [2.05, 4.69) is 4.40 Å². The molecule has 0 radical (unpaired) electrons. The molecule has 0 saturated heterocycles. The lowest BCUT2D eigenvalue weighted by Gasteiger charge is -2.02. The van der Waals surface area contributed by atoms with Crippen LogP contribution < -0.4 is 4.80 Å². The molecule has 5 nitrogen and oxygen atoms in total. The minimum absolute atomic E-state index is 0.00691. The molecule has 23 heavy (non-hydrogen) atoms. The van der Waals surface area contributed by atoms with E-state index in [1.165, 1.54) is 34.1 Å². The molecule has 0 aliphatic heterocycles. The Morgan fingerprint density at radius 3 is 2.52 bits per heavy atom. The van der Waals surface area contributed by atoms with Gasteiger partial charge in [-0.1, -0.05) is 48.4 Å². The van der Waals surface area contributed by atoms with E-state index in [0.29, 0.717) is 5.15 Å². The fourth-order valence-electron chi connectivity index (χ4n) is 1.85. The molecule has 2 aromatic rings. The van der Waals surface area contributed by atoms with Crippen molar-refractivity contribution in [2.75, 3.05) is 0 Å². The lowest BCUT2D eigenvalue weighted by molar-refractivity contribution is 0.595. The molecule has 1 aromatic carbocycles. The molecule has 2 rings (SSSR count).